The van der Waals surface area contributed by atoms with Crippen molar-refractivity contribution >= 4 is 44.7 Å². The second-order valence-electron chi connectivity index (χ2n) is 3.81. The molecule has 0 amide bonds. The second-order valence-corrected chi connectivity index (χ2v) is 5.63. The zero-order valence-electron chi connectivity index (χ0n) is 9.62. The van der Waals surface area contributed by atoms with Crippen LogP contribution >= 0.6 is 22.7 Å². The molecule has 1 atom stereocenters. The van der Waals surface area contributed by atoms with Crippen molar-refractivity contribution in [3.8, 4) is 0 Å². The lowest BCUT2D eigenvalue weighted by molar-refractivity contribution is 0.863. The third-order valence-electron chi connectivity index (χ3n) is 2.52. The van der Waals surface area contributed by atoms with Crippen molar-refractivity contribution < 1.29 is 0 Å². The number of hydrogen-bond acceptors (Lipinski definition) is 7. The van der Waals surface area contributed by atoms with Crippen LogP contribution in [-0.2, 0) is 0 Å². The topological polar surface area (TPSA) is 76.7 Å². The summed E-state index contributed by atoms with van der Waals surface area (Å²) in [6.07, 6.45) is 1.80. The summed E-state index contributed by atoms with van der Waals surface area (Å²) in [5.41, 5.74) is 5.71. The summed E-state index contributed by atoms with van der Waals surface area (Å²) in [4.78, 5) is 13.6. The second kappa shape index (κ2) is 4.51. The summed E-state index contributed by atoms with van der Waals surface area (Å²) in [6.45, 7) is 2.05. The maximum absolute atomic E-state index is 5.71. The molecule has 0 radical (unpaired) electrons. The average Bonchev–Trinajstić information content (AvgIpc) is 2.98. The van der Waals surface area contributed by atoms with Gasteiger partial charge in [-0.15, -0.1) is 22.7 Å². The maximum Gasteiger partial charge on any atom is 0.223 e. The van der Waals surface area contributed by atoms with Crippen molar-refractivity contribution in [2.24, 2.45) is 0 Å². The lowest BCUT2D eigenvalue weighted by atomic mass is 10.3. The first-order chi connectivity index (χ1) is 8.74. The van der Waals surface area contributed by atoms with E-state index in [0.717, 1.165) is 21.0 Å². The molecule has 92 valence electrons. The van der Waals surface area contributed by atoms with Crippen LogP contribution in [-0.4, -0.2) is 15.0 Å². The van der Waals surface area contributed by atoms with Crippen molar-refractivity contribution in [1.82, 2.24) is 15.0 Å². The van der Waals surface area contributed by atoms with Crippen LogP contribution in [0.5, 0.6) is 0 Å². The summed E-state index contributed by atoms with van der Waals surface area (Å²) in [7, 11) is 0. The highest BCUT2D eigenvalue weighted by Crippen LogP contribution is 2.28. The molecule has 5 nitrogen and oxygen atoms in total. The molecule has 0 fully saturated rings. The number of aromatic nitrogens is 3. The number of nitrogens with zero attached hydrogens (tertiary/aromatic N) is 3. The molecular formula is C11H11N5S2. The molecule has 3 rings (SSSR count). The first-order valence-electron chi connectivity index (χ1n) is 5.40. The van der Waals surface area contributed by atoms with E-state index < -0.39 is 0 Å². The minimum atomic E-state index is 0.0994. The Balaban J connectivity index is 1.97. The molecule has 3 aromatic heterocycles. The van der Waals surface area contributed by atoms with E-state index in [0.29, 0.717) is 5.95 Å². The van der Waals surface area contributed by atoms with Crippen molar-refractivity contribution in [2.45, 2.75) is 13.0 Å². The molecule has 0 bridgehead atoms. The Morgan fingerprint density at radius 3 is 2.94 bits per heavy atom. The summed E-state index contributed by atoms with van der Waals surface area (Å²) < 4.78 is 0. The first-order valence-corrected chi connectivity index (χ1v) is 7.16. The molecule has 1 unspecified atom stereocenters. The number of thiophene rings is 1. The van der Waals surface area contributed by atoms with Gasteiger partial charge in [-0.3, -0.25) is 0 Å². The summed E-state index contributed by atoms with van der Waals surface area (Å²) >= 11 is 3.17. The van der Waals surface area contributed by atoms with Gasteiger partial charge in [0, 0.05) is 11.6 Å². The number of rotatable bonds is 3. The molecule has 0 saturated carbocycles. The van der Waals surface area contributed by atoms with Gasteiger partial charge in [0.1, 0.15) is 15.7 Å². The van der Waals surface area contributed by atoms with E-state index in [9.17, 15) is 0 Å². The largest absolute Gasteiger partial charge is 0.368 e. The van der Waals surface area contributed by atoms with E-state index in [2.05, 4.69) is 27.2 Å². The molecule has 0 aliphatic carbocycles. The molecule has 18 heavy (non-hydrogen) atoms. The van der Waals surface area contributed by atoms with Crippen LogP contribution in [0.3, 0.4) is 0 Å². The van der Waals surface area contributed by atoms with Gasteiger partial charge in [0.25, 0.3) is 0 Å². The summed E-state index contributed by atoms with van der Waals surface area (Å²) in [5, 5.41) is 9.30. The van der Waals surface area contributed by atoms with Crippen molar-refractivity contribution in [1.29, 1.82) is 0 Å². The fraction of sp³-hybridized carbons (Fsp3) is 0.182. The number of thiazole rings is 1. The predicted molar refractivity (Wildman–Crippen MR) is 76.0 cm³/mol. The quantitative estimate of drug-likeness (QED) is 0.769. The number of hydrogen-bond donors (Lipinski definition) is 2. The van der Waals surface area contributed by atoms with Gasteiger partial charge in [0.05, 0.1) is 11.4 Å². The van der Waals surface area contributed by atoms with Crippen LogP contribution < -0.4 is 11.1 Å². The Bertz CT molecular complexity index is 661. The Morgan fingerprint density at radius 2 is 2.17 bits per heavy atom. The van der Waals surface area contributed by atoms with Gasteiger partial charge in [-0.1, -0.05) is 0 Å². The van der Waals surface area contributed by atoms with Crippen molar-refractivity contribution in [3.63, 3.8) is 0 Å². The zero-order valence-corrected chi connectivity index (χ0v) is 11.3. The number of anilines is 2. The Kier molecular flexibility index (Phi) is 2.85. The number of nitrogen functional groups attached to an aromatic ring is 1. The van der Waals surface area contributed by atoms with Gasteiger partial charge in [-0.05, 0) is 18.4 Å². The number of nitrogens with one attached hydrogen (secondary N) is 1. The molecule has 0 spiro atoms. The van der Waals surface area contributed by atoms with Gasteiger partial charge in [0.2, 0.25) is 5.95 Å². The molecule has 0 aliphatic rings. The third-order valence-corrected chi connectivity index (χ3v) is 4.28. The highest BCUT2D eigenvalue weighted by molar-refractivity contribution is 7.16. The SMILES string of the molecule is CC(Nc1nc(N)nc2sccc12)c1nccs1. The summed E-state index contributed by atoms with van der Waals surface area (Å²) in [6, 6.07) is 2.10. The zero-order chi connectivity index (χ0) is 12.5. The van der Waals surface area contributed by atoms with Gasteiger partial charge in [0.15, 0.2) is 0 Å². The van der Waals surface area contributed by atoms with Crippen LogP contribution in [0.25, 0.3) is 10.2 Å². The average molecular weight is 277 g/mol. The van der Waals surface area contributed by atoms with E-state index >= 15 is 0 Å². The molecule has 7 heteroatoms. The molecule has 0 aromatic carbocycles. The van der Waals surface area contributed by atoms with Gasteiger partial charge in [-0.2, -0.15) is 4.98 Å². The molecular weight excluding hydrogens is 266 g/mol. The lowest BCUT2D eigenvalue weighted by Crippen LogP contribution is -2.09. The molecule has 3 heterocycles. The highest BCUT2D eigenvalue weighted by atomic mass is 32.1. The van der Waals surface area contributed by atoms with E-state index in [1.165, 1.54) is 0 Å². The standard InChI is InChI=1S/C11H11N5S2/c1-6(9-13-3-5-18-9)14-8-7-2-4-17-10(7)16-11(12)15-8/h2-6H,1H3,(H3,12,14,15,16). The smallest absolute Gasteiger partial charge is 0.223 e. The first kappa shape index (κ1) is 11.4. The fourth-order valence-corrected chi connectivity index (χ4v) is 3.11. The van der Waals surface area contributed by atoms with E-state index in [-0.39, 0.29) is 6.04 Å². The highest BCUT2D eigenvalue weighted by Gasteiger charge is 2.12. The minimum Gasteiger partial charge on any atom is -0.368 e. The minimum absolute atomic E-state index is 0.0994. The Morgan fingerprint density at radius 1 is 1.28 bits per heavy atom. The van der Waals surface area contributed by atoms with Crippen LogP contribution in [0.2, 0.25) is 0 Å². The predicted octanol–water partition coefficient (Wildman–Crippen LogP) is 2.90. The number of fused-ring (bicyclic) bond motifs is 1. The molecule has 3 N–H and O–H groups in total. The molecule has 0 aliphatic heterocycles. The maximum atomic E-state index is 5.71. The molecule has 3 aromatic rings. The Labute approximate surface area is 112 Å². The van der Waals surface area contributed by atoms with E-state index in [1.807, 2.05) is 16.8 Å². The van der Waals surface area contributed by atoms with Crippen LogP contribution in [0.15, 0.2) is 23.0 Å². The van der Waals surface area contributed by atoms with Crippen molar-refractivity contribution in [2.75, 3.05) is 11.1 Å². The van der Waals surface area contributed by atoms with Crippen LogP contribution in [0, 0.1) is 0 Å². The van der Waals surface area contributed by atoms with E-state index in [4.69, 9.17) is 5.73 Å². The third kappa shape index (κ3) is 2.02. The van der Waals surface area contributed by atoms with Crippen molar-refractivity contribution in [3.05, 3.63) is 28.0 Å². The normalized spacial score (nSPS) is 12.7. The van der Waals surface area contributed by atoms with Crippen LogP contribution in [0.4, 0.5) is 11.8 Å². The monoisotopic (exact) mass is 277 g/mol. The van der Waals surface area contributed by atoms with Crippen LogP contribution in [0.1, 0.15) is 18.0 Å². The van der Waals surface area contributed by atoms with Gasteiger partial charge >= 0.3 is 0 Å². The lowest BCUT2D eigenvalue weighted by Gasteiger charge is -2.12. The molecule has 0 saturated heterocycles. The van der Waals surface area contributed by atoms with Gasteiger partial charge < -0.3 is 11.1 Å². The van der Waals surface area contributed by atoms with E-state index in [1.54, 1.807) is 28.9 Å². The fourth-order valence-electron chi connectivity index (χ4n) is 1.70. The number of nitrogens with two attached hydrogens (primary N) is 1. The Hall–Kier alpha value is -1.73. The summed E-state index contributed by atoms with van der Waals surface area (Å²) in [5.74, 6) is 1.06. The van der Waals surface area contributed by atoms with Gasteiger partial charge in [-0.25, -0.2) is 9.97 Å².